The number of rotatable bonds is 7. The summed E-state index contributed by atoms with van der Waals surface area (Å²) in [7, 11) is -3.71. The van der Waals surface area contributed by atoms with Gasteiger partial charge in [-0.25, -0.2) is 0 Å². The van der Waals surface area contributed by atoms with Gasteiger partial charge in [-0.1, -0.05) is 29.3 Å². The van der Waals surface area contributed by atoms with Crippen molar-refractivity contribution in [2.75, 3.05) is 6.61 Å². The van der Waals surface area contributed by atoms with E-state index in [2.05, 4.69) is 19.9 Å². The van der Waals surface area contributed by atoms with Crippen LogP contribution in [0.15, 0.2) is 40.8 Å². The third-order valence-corrected chi connectivity index (χ3v) is 5.21. The van der Waals surface area contributed by atoms with Gasteiger partial charge in [0.05, 0.1) is 17.1 Å². The molecule has 5 heteroatoms. The molecule has 1 fully saturated rings. The van der Waals surface area contributed by atoms with Crippen molar-refractivity contribution in [3.05, 3.63) is 41.5 Å². The predicted octanol–water partition coefficient (Wildman–Crippen LogP) is 3.60. The zero-order chi connectivity index (χ0) is 16.4. The molecule has 0 bridgehead atoms. The molecular weight excluding hydrogens is 300 g/mol. The van der Waals surface area contributed by atoms with Crippen LogP contribution in [0.1, 0.15) is 39.2 Å². The van der Waals surface area contributed by atoms with Crippen LogP contribution < -0.4 is 0 Å². The molecular formula is C17H24O4S. The van der Waals surface area contributed by atoms with Crippen molar-refractivity contribution in [3.8, 4) is 0 Å². The summed E-state index contributed by atoms with van der Waals surface area (Å²) in [6.07, 6.45) is 3.81. The van der Waals surface area contributed by atoms with E-state index in [0.717, 1.165) is 18.4 Å². The number of epoxide rings is 1. The number of ether oxygens (including phenoxy) is 1. The summed E-state index contributed by atoms with van der Waals surface area (Å²) >= 11 is 0. The minimum Gasteiger partial charge on any atom is -0.364 e. The number of benzene rings is 1. The molecule has 0 aliphatic carbocycles. The van der Waals surface area contributed by atoms with Gasteiger partial charge >= 0.3 is 0 Å². The minimum absolute atomic E-state index is 0.0710. The Bertz CT molecular complexity index is 642. The van der Waals surface area contributed by atoms with E-state index < -0.39 is 10.1 Å². The molecule has 0 spiro atoms. The molecule has 22 heavy (non-hydrogen) atoms. The molecule has 2 rings (SSSR count). The van der Waals surface area contributed by atoms with Gasteiger partial charge in [0.15, 0.2) is 0 Å². The van der Waals surface area contributed by atoms with Crippen LogP contribution in [0.2, 0.25) is 0 Å². The Morgan fingerprint density at radius 3 is 2.55 bits per heavy atom. The lowest BCUT2D eigenvalue weighted by Gasteiger charge is -2.07. The number of hydrogen-bond acceptors (Lipinski definition) is 4. The van der Waals surface area contributed by atoms with Gasteiger partial charge in [-0.15, -0.1) is 0 Å². The summed E-state index contributed by atoms with van der Waals surface area (Å²) in [4.78, 5) is 0.185. The van der Waals surface area contributed by atoms with Crippen LogP contribution in [0.3, 0.4) is 0 Å². The number of hydrogen-bond donors (Lipinski definition) is 0. The Balaban J connectivity index is 1.86. The Hall–Kier alpha value is -1.17. The molecule has 0 saturated carbocycles. The second kappa shape index (κ2) is 6.52. The van der Waals surface area contributed by atoms with Crippen LogP contribution in [-0.4, -0.2) is 26.7 Å². The van der Waals surface area contributed by atoms with Crippen molar-refractivity contribution in [3.63, 3.8) is 0 Å². The molecule has 0 aromatic heterocycles. The molecule has 1 aromatic carbocycles. The van der Waals surface area contributed by atoms with Gasteiger partial charge in [-0.2, -0.15) is 8.42 Å². The standard InChI is InChI=1S/C17H24O4S/c1-13(2)6-5-11-17(4)16(21-17)12-20-22(18,19)15-9-7-14(3)8-10-15/h6-10,16H,5,11-12H2,1-4H3/t16-,17-/m0/s1. The normalized spacial score (nSPS) is 24.1. The fraction of sp³-hybridized carbons (Fsp3) is 0.529. The smallest absolute Gasteiger partial charge is 0.297 e. The second-order valence-corrected chi connectivity index (χ2v) is 7.91. The topological polar surface area (TPSA) is 55.9 Å². The van der Waals surface area contributed by atoms with Gasteiger partial charge in [0.25, 0.3) is 10.1 Å². The maximum absolute atomic E-state index is 12.1. The Morgan fingerprint density at radius 1 is 1.32 bits per heavy atom. The highest BCUT2D eigenvalue weighted by atomic mass is 32.2. The van der Waals surface area contributed by atoms with E-state index >= 15 is 0 Å². The monoisotopic (exact) mass is 324 g/mol. The van der Waals surface area contributed by atoms with Gasteiger partial charge in [0.1, 0.15) is 6.10 Å². The molecule has 122 valence electrons. The predicted molar refractivity (Wildman–Crippen MR) is 86.3 cm³/mol. The molecule has 2 atom stereocenters. The highest BCUT2D eigenvalue weighted by molar-refractivity contribution is 7.86. The zero-order valence-electron chi connectivity index (χ0n) is 13.6. The van der Waals surface area contributed by atoms with Crippen molar-refractivity contribution in [2.45, 2.75) is 57.1 Å². The van der Waals surface area contributed by atoms with Crippen LogP contribution in [0.5, 0.6) is 0 Å². The maximum Gasteiger partial charge on any atom is 0.297 e. The Morgan fingerprint density at radius 2 is 1.95 bits per heavy atom. The number of aryl methyl sites for hydroxylation is 1. The minimum atomic E-state index is -3.71. The van der Waals surface area contributed by atoms with Crippen LogP contribution in [0.4, 0.5) is 0 Å². The lowest BCUT2D eigenvalue weighted by Crippen LogP contribution is -2.17. The lowest BCUT2D eigenvalue weighted by atomic mass is 10.0. The van der Waals surface area contributed by atoms with Crippen molar-refractivity contribution in [1.82, 2.24) is 0 Å². The van der Waals surface area contributed by atoms with Gasteiger partial charge in [-0.3, -0.25) is 4.18 Å². The van der Waals surface area contributed by atoms with Crippen molar-refractivity contribution < 1.29 is 17.3 Å². The summed E-state index contributed by atoms with van der Waals surface area (Å²) in [6, 6.07) is 6.64. The largest absolute Gasteiger partial charge is 0.364 e. The van der Waals surface area contributed by atoms with Crippen molar-refractivity contribution in [1.29, 1.82) is 0 Å². The molecule has 0 N–H and O–H groups in total. The van der Waals surface area contributed by atoms with Crippen LogP contribution in [-0.2, 0) is 19.0 Å². The van der Waals surface area contributed by atoms with Gasteiger partial charge in [0, 0.05) is 0 Å². The molecule has 1 aromatic rings. The fourth-order valence-corrected chi connectivity index (χ4v) is 3.20. The molecule has 0 radical (unpaired) electrons. The quantitative estimate of drug-likeness (QED) is 0.437. The van der Waals surface area contributed by atoms with E-state index in [1.807, 2.05) is 13.8 Å². The van der Waals surface area contributed by atoms with Crippen molar-refractivity contribution in [2.24, 2.45) is 0 Å². The molecule has 1 aliphatic rings. The SMILES string of the molecule is CC(C)=CCC[C@]1(C)O[C@H]1COS(=O)(=O)c1ccc(C)cc1. The average molecular weight is 324 g/mol. The maximum atomic E-state index is 12.1. The lowest BCUT2D eigenvalue weighted by molar-refractivity contribution is 0.252. The molecule has 4 nitrogen and oxygen atoms in total. The highest BCUT2D eigenvalue weighted by Crippen LogP contribution is 2.41. The van der Waals surface area contributed by atoms with Crippen LogP contribution in [0.25, 0.3) is 0 Å². The molecule has 1 saturated heterocycles. The summed E-state index contributed by atoms with van der Waals surface area (Å²) < 4.78 is 35.0. The first-order valence-corrected chi connectivity index (χ1v) is 8.91. The van der Waals surface area contributed by atoms with Gasteiger partial charge in [-0.05, 0) is 52.7 Å². The second-order valence-electron chi connectivity index (χ2n) is 6.29. The van der Waals surface area contributed by atoms with E-state index in [-0.39, 0.29) is 23.2 Å². The summed E-state index contributed by atoms with van der Waals surface area (Å²) in [5.74, 6) is 0. The van der Waals surface area contributed by atoms with Gasteiger partial charge in [0.2, 0.25) is 0 Å². The highest BCUT2D eigenvalue weighted by Gasteiger charge is 2.52. The Kier molecular flexibility index (Phi) is 5.10. The first kappa shape index (κ1) is 17.2. The van der Waals surface area contributed by atoms with Crippen LogP contribution in [0, 0.1) is 6.92 Å². The molecule has 1 aliphatic heterocycles. The molecule has 1 heterocycles. The van der Waals surface area contributed by atoms with E-state index in [4.69, 9.17) is 8.92 Å². The number of allylic oxidation sites excluding steroid dienone is 2. The third-order valence-electron chi connectivity index (χ3n) is 3.91. The average Bonchev–Trinajstić information content (AvgIpc) is 3.07. The van der Waals surface area contributed by atoms with Gasteiger partial charge < -0.3 is 4.74 Å². The van der Waals surface area contributed by atoms with E-state index in [9.17, 15) is 8.42 Å². The van der Waals surface area contributed by atoms with E-state index in [0.29, 0.717) is 0 Å². The molecule has 0 unspecified atom stereocenters. The summed E-state index contributed by atoms with van der Waals surface area (Å²) in [5, 5.41) is 0. The van der Waals surface area contributed by atoms with Crippen molar-refractivity contribution >= 4 is 10.1 Å². The third kappa shape index (κ3) is 4.41. The molecule has 0 amide bonds. The summed E-state index contributed by atoms with van der Waals surface area (Å²) in [6.45, 7) is 8.10. The zero-order valence-corrected chi connectivity index (χ0v) is 14.4. The first-order valence-electron chi connectivity index (χ1n) is 7.50. The van der Waals surface area contributed by atoms with Crippen LogP contribution >= 0.6 is 0 Å². The Labute approximate surface area is 133 Å². The fourth-order valence-electron chi connectivity index (χ4n) is 2.29. The first-order chi connectivity index (χ1) is 10.2. The van der Waals surface area contributed by atoms with E-state index in [1.165, 1.54) is 5.57 Å². The summed E-state index contributed by atoms with van der Waals surface area (Å²) in [5.41, 5.74) is 2.02. The van der Waals surface area contributed by atoms with E-state index in [1.54, 1.807) is 24.3 Å².